The van der Waals surface area contributed by atoms with Gasteiger partial charge in [0.05, 0.1) is 11.9 Å². The average molecular weight is 232 g/mol. The van der Waals surface area contributed by atoms with E-state index >= 15 is 0 Å². The van der Waals surface area contributed by atoms with Crippen LogP contribution in [-0.4, -0.2) is 11.9 Å². The van der Waals surface area contributed by atoms with Gasteiger partial charge in [-0.25, -0.2) is 0 Å². The van der Waals surface area contributed by atoms with Crippen molar-refractivity contribution >= 4 is 11.9 Å². The fourth-order valence-electron chi connectivity index (χ4n) is 1.11. The van der Waals surface area contributed by atoms with Crippen LogP contribution in [0, 0.1) is 5.92 Å². The molecule has 0 unspecified atom stereocenters. The first kappa shape index (κ1) is 21.2. The van der Waals surface area contributed by atoms with E-state index in [4.69, 9.17) is 0 Å². The summed E-state index contributed by atoms with van der Waals surface area (Å²) in [6.07, 6.45) is 3.59. The summed E-state index contributed by atoms with van der Waals surface area (Å²) in [5.74, 6) is -4.54. The molecule has 0 heterocycles. The first-order valence-electron chi connectivity index (χ1n) is 4.51. The molecule has 0 rings (SSSR count). The minimum absolute atomic E-state index is 0. The molecule has 0 aliphatic heterocycles. The predicted octanol–water partition coefficient (Wildman–Crippen LogP) is -6.92. The Labute approximate surface area is 134 Å². The van der Waals surface area contributed by atoms with Crippen LogP contribution >= 0.6 is 0 Å². The van der Waals surface area contributed by atoms with Gasteiger partial charge in [0.1, 0.15) is 0 Å². The second-order valence-corrected chi connectivity index (χ2v) is 3.04. The summed E-state index contributed by atoms with van der Waals surface area (Å²) in [5.41, 5.74) is 0. The monoisotopic (exact) mass is 232 g/mol. The van der Waals surface area contributed by atoms with Crippen LogP contribution in [0.4, 0.5) is 0 Å². The fraction of sp³-hybridized carbons (Fsp3) is 0.778. The molecule has 0 saturated carbocycles. The van der Waals surface area contributed by atoms with Gasteiger partial charge in [-0.15, -0.1) is 0 Å². The molecule has 0 aliphatic rings. The maximum atomic E-state index is 10.3. The Kier molecular flexibility index (Phi) is 18.4. The Morgan fingerprint density at radius 1 is 1.00 bits per heavy atom. The largest absolute Gasteiger partial charge is 1.00 e. The molecule has 0 aliphatic carbocycles. The zero-order chi connectivity index (χ0) is 10.3. The molecule has 0 fully saturated rings. The van der Waals surface area contributed by atoms with Crippen LogP contribution in [0.15, 0.2) is 0 Å². The number of carbonyl (C=O) groups excluding carboxylic acids is 2. The van der Waals surface area contributed by atoms with Gasteiger partial charge in [-0.05, 0) is 6.42 Å². The molecular weight excluding hydrogens is 218 g/mol. The van der Waals surface area contributed by atoms with Gasteiger partial charge in [-0.2, -0.15) is 0 Å². The molecule has 4 nitrogen and oxygen atoms in total. The summed E-state index contributed by atoms with van der Waals surface area (Å²) in [6, 6.07) is 0. The van der Waals surface area contributed by atoms with E-state index in [1.807, 2.05) is 6.92 Å². The quantitative estimate of drug-likeness (QED) is 0.248. The molecule has 0 N–H and O–H groups in total. The third-order valence-corrected chi connectivity index (χ3v) is 1.92. The smallest absolute Gasteiger partial charge is 0.549 e. The van der Waals surface area contributed by atoms with Crippen LogP contribution in [-0.2, 0) is 9.59 Å². The van der Waals surface area contributed by atoms with Crippen LogP contribution in [0.2, 0.25) is 0 Å². The Morgan fingerprint density at radius 3 is 1.80 bits per heavy atom. The normalized spacial score (nSPS) is 8.93. The molecular formula is C9H14Na2O4. The Bertz CT molecular complexity index is 171. The number of hydrogen-bond acceptors (Lipinski definition) is 4. The Morgan fingerprint density at radius 2 is 1.47 bits per heavy atom. The number of unbranched alkanes of at least 4 members (excludes halogenated alkanes) is 3. The minimum atomic E-state index is -1.54. The third kappa shape index (κ3) is 11.2. The van der Waals surface area contributed by atoms with Gasteiger partial charge in [-0.1, -0.05) is 32.6 Å². The van der Waals surface area contributed by atoms with E-state index < -0.39 is 17.9 Å². The molecule has 0 aromatic rings. The Balaban J connectivity index is -0.000000720. The molecule has 6 heteroatoms. The summed E-state index contributed by atoms with van der Waals surface area (Å²) in [7, 11) is 0. The standard InChI is InChI=1S/C9H16O4.2Na/c1-2-3-4-5-6-7(8(10)11)9(12)13;;/h7H,2-6H2,1H3,(H,10,11)(H,12,13);;/q;2*+1/p-2. The SMILES string of the molecule is CCCCCCC(C(=O)[O-])C(=O)[O-].[Na+].[Na+]. The van der Waals surface area contributed by atoms with E-state index in [9.17, 15) is 19.8 Å². The maximum absolute atomic E-state index is 10.3. The first-order chi connectivity index (χ1) is 6.09. The van der Waals surface area contributed by atoms with Crippen LogP contribution in [0.3, 0.4) is 0 Å². The van der Waals surface area contributed by atoms with Crippen LogP contribution in [0.5, 0.6) is 0 Å². The number of carboxylic acid groups (broad SMARTS) is 2. The Hall–Kier alpha value is 0.940. The summed E-state index contributed by atoms with van der Waals surface area (Å²) in [5, 5.41) is 20.5. The van der Waals surface area contributed by atoms with Gasteiger partial charge in [0.15, 0.2) is 0 Å². The van der Waals surface area contributed by atoms with Crippen molar-refractivity contribution < 1.29 is 78.9 Å². The molecule has 0 atom stereocenters. The molecule has 76 valence electrons. The molecule has 15 heavy (non-hydrogen) atoms. The molecule has 0 bridgehead atoms. The van der Waals surface area contributed by atoms with Gasteiger partial charge >= 0.3 is 59.1 Å². The van der Waals surface area contributed by atoms with Crippen LogP contribution in [0.1, 0.15) is 39.0 Å². The van der Waals surface area contributed by atoms with Gasteiger partial charge in [0, 0.05) is 5.92 Å². The molecule has 0 amide bonds. The van der Waals surface area contributed by atoms with Crippen molar-refractivity contribution in [3.8, 4) is 0 Å². The summed E-state index contributed by atoms with van der Waals surface area (Å²) >= 11 is 0. The number of hydrogen-bond donors (Lipinski definition) is 0. The van der Waals surface area contributed by atoms with Gasteiger partial charge < -0.3 is 19.8 Å². The zero-order valence-electron chi connectivity index (χ0n) is 9.75. The third-order valence-electron chi connectivity index (χ3n) is 1.92. The predicted molar refractivity (Wildman–Crippen MR) is 42.3 cm³/mol. The molecule has 0 saturated heterocycles. The van der Waals surface area contributed by atoms with Crippen molar-refractivity contribution in [3.63, 3.8) is 0 Å². The van der Waals surface area contributed by atoms with Crippen LogP contribution in [0.25, 0.3) is 0 Å². The topological polar surface area (TPSA) is 80.3 Å². The van der Waals surface area contributed by atoms with E-state index in [1.54, 1.807) is 0 Å². The second-order valence-electron chi connectivity index (χ2n) is 3.04. The molecule has 0 spiro atoms. The number of aliphatic carboxylic acids is 2. The van der Waals surface area contributed by atoms with E-state index in [1.165, 1.54) is 0 Å². The van der Waals surface area contributed by atoms with Gasteiger partial charge in [-0.3, -0.25) is 0 Å². The van der Waals surface area contributed by atoms with Crippen molar-refractivity contribution in [1.29, 1.82) is 0 Å². The fourth-order valence-corrected chi connectivity index (χ4v) is 1.11. The molecule has 0 aromatic heterocycles. The van der Waals surface area contributed by atoms with E-state index in [-0.39, 0.29) is 65.5 Å². The second kappa shape index (κ2) is 13.0. The summed E-state index contributed by atoms with van der Waals surface area (Å²) < 4.78 is 0. The first-order valence-corrected chi connectivity index (χ1v) is 4.51. The number of carbonyl (C=O) groups is 2. The number of rotatable bonds is 7. The summed E-state index contributed by atoms with van der Waals surface area (Å²) in [6.45, 7) is 2.02. The molecule has 0 aromatic carbocycles. The van der Waals surface area contributed by atoms with Crippen molar-refractivity contribution in [2.45, 2.75) is 39.0 Å². The number of carboxylic acids is 2. The van der Waals surface area contributed by atoms with Gasteiger partial charge in [0.2, 0.25) is 0 Å². The van der Waals surface area contributed by atoms with E-state index in [0.29, 0.717) is 6.42 Å². The van der Waals surface area contributed by atoms with Gasteiger partial charge in [0.25, 0.3) is 0 Å². The van der Waals surface area contributed by atoms with Crippen molar-refractivity contribution in [2.75, 3.05) is 0 Å². The maximum Gasteiger partial charge on any atom is 1.00 e. The van der Waals surface area contributed by atoms with Crippen LogP contribution < -0.4 is 69.3 Å². The summed E-state index contributed by atoms with van der Waals surface area (Å²) in [4.78, 5) is 20.5. The van der Waals surface area contributed by atoms with Crippen molar-refractivity contribution in [3.05, 3.63) is 0 Å². The van der Waals surface area contributed by atoms with Crippen molar-refractivity contribution in [1.82, 2.24) is 0 Å². The minimum Gasteiger partial charge on any atom is -0.549 e. The molecule has 0 radical (unpaired) electrons. The van der Waals surface area contributed by atoms with E-state index in [2.05, 4.69) is 0 Å². The van der Waals surface area contributed by atoms with E-state index in [0.717, 1.165) is 19.3 Å². The van der Waals surface area contributed by atoms with Crippen molar-refractivity contribution in [2.24, 2.45) is 5.92 Å². The average Bonchev–Trinajstić information content (AvgIpc) is 2.02. The zero-order valence-corrected chi connectivity index (χ0v) is 13.7.